The molecule has 0 aromatic heterocycles. The number of halogens is 1. The molecule has 102 valence electrons. The average molecular weight is 254 g/mol. The molecule has 1 aromatic rings. The third kappa shape index (κ3) is 3.43. The van der Waals surface area contributed by atoms with Crippen LogP contribution in [0.25, 0.3) is 0 Å². The Labute approximate surface area is 109 Å². The molecule has 0 spiro atoms. The first-order chi connectivity index (χ1) is 8.65. The zero-order chi connectivity index (χ0) is 13.5. The average Bonchev–Trinajstić information content (AvgIpc) is 2.39. The van der Waals surface area contributed by atoms with Crippen molar-refractivity contribution in [2.45, 2.75) is 32.9 Å². The topological polar surface area (TPSA) is 38.5 Å². The van der Waals surface area contributed by atoms with Crippen molar-refractivity contribution in [2.75, 3.05) is 25.2 Å². The Morgan fingerprint density at radius 3 is 2.72 bits per heavy atom. The Hall–Kier alpha value is -1.13. The van der Waals surface area contributed by atoms with Gasteiger partial charge in [-0.2, -0.15) is 0 Å². The normalized spacial score (nSPS) is 12.5. The first kappa shape index (κ1) is 14.9. The molecule has 0 aliphatic carbocycles. The number of nitrogens with two attached hydrogens (primary N) is 1. The quantitative estimate of drug-likeness (QED) is 0.812. The lowest BCUT2D eigenvalue weighted by Gasteiger charge is -2.32. The first-order valence-corrected chi connectivity index (χ1v) is 6.38. The molecule has 0 bridgehead atoms. The maximum Gasteiger partial charge on any atom is 0.129 e. The van der Waals surface area contributed by atoms with Gasteiger partial charge in [-0.1, -0.05) is 13.0 Å². The summed E-state index contributed by atoms with van der Waals surface area (Å²) in [7, 11) is 1.67. The number of rotatable bonds is 7. The van der Waals surface area contributed by atoms with E-state index in [1.54, 1.807) is 13.2 Å². The Bertz CT molecular complexity index is 371. The van der Waals surface area contributed by atoms with Gasteiger partial charge in [0.1, 0.15) is 5.82 Å². The summed E-state index contributed by atoms with van der Waals surface area (Å²) in [4.78, 5) is 2.16. The molecular weight excluding hydrogens is 231 g/mol. The Balaban J connectivity index is 3.07. The molecule has 0 heterocycles. The van der Waals surface area contributed by atoms with Gasteiger partial charge < -0.3 is 15.4 Å². The molecule has 0 saturated carbocycles. The third-order valence-electron chi connectivity index (χ3n) is 3.27. The fraction of sp³-hybridized carbons (Fsp3) is 0.571. The van der Waals surface area contributed by atoms with Gasteiger partial charge in [-0.3, -0.25) is 0 Å². The van der Waals surface area contributed by atoms with E-state index in [9.17, 15) is 4.39 Å². The van der Waals surface area contributed by atoms with Crippen molar-refractivity contribution in [3.8, 4) is 0 Å². The van der Waals surface area contributed by atoms with E-state index in [1.165, 1.54) is 6.07 Å². The first-order valence-electron chi connectivity index (χ1n) is 6.38. The number of nitrogens with zero attached hydrogens (tertiary/aromatic N) is 1. The molecule has 0 amide bonds. The molecule has 2 N–H and O–H groups in total. The van der Waals surface area contributed by atoms with Crippen LogP contribution in [-0.4, -0.2) is 26.3 Å². The summed E-state index contributed by atoms with van der Waals surface area (Å²) in [5.74, 6) is -0.235. The molecule has 4 heteroatoms. The van der Waals surface area contributed by atoms with Crippen molar-refractivity contribution >= 4 is 5.69 Å². The van der Waals surface area contributed by atoms with Crippen LogP contribution in [0.3, 0.4) is 0 Å². The maximum atomic E-state index is 13.8. The van der Waals surface area contributed by atoms with Crippen LogP contribution < -0.4 is 10.6 Å². The lowest BCUT2D eigenvalue weighted by atomic mass is 10.1. The summed E-state index contributed by atoms with van der Waals surface area (Å²) in [5.41, 5.74) is 7.12. The van der Waals surface area contributed by atoms with E-state index < -0.39 is 0 Å². The highest BCUT2D eigenvalue weighted by molar-refractivity contribution is 5.55. The van der Waals surface area contributed by atoms with Crippen LogP contribution in [0.4, 0.5) is 10.1 Å². The maximum absolute atomic E-state index is 13.8. The Morgan fingerprint density at radius 1 is 1.44 bits per heavy atom. The molecule has 1 aromatic carbocycles. The van der Waals surface area contributed by atoms with E-state index in [4.69, 9.17) is 10.5 Å². The van der Waals surface area contributed by atoms with E-state index in [0.29, 0.717) is 18.2 Å². The van der Waals surface area contributed by atoms with Crippen LogP contribution in [0.2, 0.25) is 0 Å². The largest absolute Gasteiger partial charge is 0.383 e. The number of anilines is 1. The van der Waals surface area contributed by atoms with E-state index in [-0.39, 0.29) is 12.4 Å². The van der Waals surface area contributed by atoms with Gasteiger partial charge in [0.05, 0.1) is 6.61 Å². The highest BCUT2D eigenvalue weighted by atomic mass is 19.1. The van der Waals surface area contributed by atoms with Gasteiger partial charge in [-0.15, -0.1) is 0 Å². The van der Waals surface area contributed by atoms with Crippen molar-refractivity contribution < 1.29 is 9.13 Å². The molecular formula is C14H23FN2O. The van der Waals surface area contributed by atoms with Gasteiger partial charge in [-0.25, -0.2) is 4.39 Å². The zero-order valence-corrected chi connectivity index (χ0v) is 11.4. The Kier molecular flexibility index (Phi) is 6.09. The van der Waals surface area contributed by atoms with Gasteiger partial charge >= 0.3 is 0 Å². The number of hydrogen-bond acceptors (Lipinski definition) is 3. The van der Waals surface area contributed by atoms with Gasteiger partial charge in [0.2, 0.25) is 0 Å². The van der Waals surface area contributed by atoms with Crippen LogP contribution in [0, 0.1) is 5.82 Å². The predicted molar refractivity (Wildman–Crippen MR) is 73.3 cm³/mol. The van der Waals surface area contributed by atoms with Crippen LogP contribution in [0.15, 0.2) is 18.2 Å². The summed E-state index contributed by atoms with van der Waals surface area (Å²) in [6.07, 6.45) is 0.990. The fourth-order valence-electron chi connectivity index (χ4n) is 2.01. The van der Waals surface area contributed by atoms with Crippen molar-refractivity contribution in [2.24, 2.45) is 5.73 Å². The lowest BCUT2D eigenvalue weighted by Crippen LogP contribution is -2.36. The molecule has 1 rings (SSSR count). The highest BCUT2D eigenvalue weighted by Crippen LogP contribution is 2.25. The zero-order valence-electron chi connectivity index (χ0n) is 11.4. The molecule has 1 unspecified atom stereocenters. The monoisotopic (exact) mass is 254 g/mol. The predicted octanol–water partition coefficient (Wildman–Crippen LogP) is 2.54. The van der Waals surface area contributed by atoms with Gasteiger partial charge in [0, 0.05) is 37.5 Å². The molecule has 1 atom stereocenters. The number of hydrogen-bond donors (Lipinski definition) is 1. The van der Waals surface area contributed by atoms with Crippen molar-refractivity contribution in [1.82, 2.24) is 0 Å². The SMILES string of the molecule is CCC(C)N(CCOC)c1cccc(F)c1CN. The van der Waals surface area contributed by atoms with Crippen molar-refractivity contribution in [3.05, 3.63) is 29.6 Å². The number of methoxy groups -OCH3 is 1. The third-order valence-corrected chi connectivity index (χ3v) is 3.27. The molecule has 0 aliphatic rings. The molecule has 0 fully saturated rings. The standard InChI is InChI=1S/C14H23FN2O/c1-4-11(2)17(8-9-18-3)14-7-5-6-13(15)12(14)10-16/h5-7,11H,4,8-10,16H2,1-3H3. The minimum absolute atomic E-state index is 0.210. The summed E-state index contributed by atoms with van der Waals surface area (Å²) >= 11 is 0. The number of benzene rings is 1. The van der Waals surface area contributed by atoms with Crippen molar-refractivity contribution in [1.29, 1.82) is 0 Å². The summed E-state index contributed by atoms with van der Waals surface area (Å²) in [5, 5.41) is 0. The Morgan fingerprint density at radius 2 is 2.17 bits per heavy atom. The fourth-order valence-corrected chi connectivity index (χ4v) is 2.01. The highest BCUT2D eigenvalue weighted by Gasteiger charge is 2.17. The molecule has 18 heavy (non-hydrogen) atoms. The smallest absolute Gasteiger partial charge is 0.129 e. The van der Waals surface area contributed by atoms with Gasteiger partial charge in [0.25, 0.3) is 0 Å². The van der Waals surface area contributed by atoms with Crippen LogP contribution in [0.5, 0.6) is 0 Å². The van der Waals surface area contributed by atoms with E-state index in [2.05, 4.69) is 18.7 Å². The second-order valence-corrected chi connectivity index (χ2v) is 4.39. The van der Waals surface area contributed by atoms with E-state index >= 15 is 0 Å². The summed E-state index contributed by atoms with van der Waals surface area (Å²) < 4.78 is 18.9. The van der Waals surface area contributed by atoms with Gasteiger partial charge in [0.15, 0.2) is 0 Å². The van der Waals surface area contributed by atoms with Gasteiger partial charge in [-0.05, 0) is 25.5 Å². The second-order valence-electron chi connectivity index (χ2n) is 4.39. The summed E-state index contributed by atoms with van der Waals surface area (Å²) in [6, 6.07) is 5.43. The molecule has 3 nitrogen and oxygen atoms in total. The second kappa shape index (κ2) is 7.34. The van der Waals surface area contributed by atoms with Crippen molar-refractivity contribution in [3.63, 3.8) is 0 Å². The summed E-state index contributed by atoms with van der Waals surface area (Å²) in [6.45, 7) is 5.81. The molecule has 0 aliphatic heterocycles. The van der Waals surface area contributed by atoms with E-state index in [0.717, 1.165) is 18.7 Å². The molecule has 0 radical (unpaired) electrons. The van der Waals surface area contributed by atoms with Crippen LogP contribution in [0.1, 0.15) is 25.8 Å². The van der Waals surface area contributed by atoms with E-state index in [1.807, 2.05) is 6.07 Å². The number of ether oxygens (including phenoxy) is 1. The minimum atomic E-state index is -0.235. The lowest BCUT2D eigenvalue weighted by molar-refractivity contribution is 0.203. The van der Waals surface area contributed by atoms with Crippen LogP contribution in [-0.2, 0) is 11.3 Å². The minimum Gasteiger partial charge on any atom is -0.383 e. The molecule has 0 saturated heterocycles. The van der Waals surface area contributed by atoms with Crippen LogP contribution >= 0.6 is 0 Å².